The number of rotatable bonds is 3. The zero-order valence-corrected chi connectivity index (χ0v) is 7.02. The lowest BCUT2D eigenvalue weighted by Gasteiger charge is -2.24. The monoisotopic (exact) mass is 156 g/mol. The minimum atomic E-state index is -0.366. The van der Waals surface area contributed by atoms with Gasteiger partial charge in [-0.15, -0.1) is 0 Å². The fourth-order valence-corrected chi connectivity index (χ4v) is 1.78. The lowest BCUT2D eigenvalue weighted by molar-refractivity contribution is -0.124. The quantitative estimate of drug-likeness (QED) is 0.621. The van der Waals surface area contributed by atoms with Crippen LogP contribution in [0.2, 0.25) is 0 Å². The first-order valence-corrected chi connectivity index (χ1v) is 4.26. The molecule has 11 heavy (non-hydrogen) atoms. The molecule has 64 valence electrons. The highest BCUT2D eigenvalue weighted by Gasteiger charge is 2.37. The summed E-state index contributed by atoms with van der Waals surface area (Å²) in [5.74, 6) is -0.183. The van der Waals surface area contributed by atoms with Gasteiger partial charge in [-0.1, -0.05) is 13.3 Å². The number of hydrogen-bond acceptors (Lipinski definition) is 2. The van der Waals surface area contributed by atoms with E-state index in [9.17, 15) is 4.79 Å². The molecule has 0 bridgehead atoms. The van der Waals surface area contributed by atoms with E-state index in [2.05, 4.69) is 12.2 Å². The number of nitrogens with one attached hydrogen (secondary N) is 1. The Hall–Kier alpha value is -0.570. The van der Waals surface area contributed by atoms with Crippen molar-refractivity contribution >= 4 is 5.91 Å². The zero-order valence-electron chi connectivity index (χ0n) is 7.02. The lowest BCUT2D eigenvalue weighted by atomic mass is 9.91. The molecule has 0 aromatic heterocycles. The molecule has 0 aromatic rings. The summed E-state index contributed by atoms with van der Waals surface area (Å²) in [7, 11) is 0. The summed E-state index contributed by atoms with van der Waals surface area (Å²) in [5, 5.41) is 3.20. The van der Waals surface area contributed by atoms with E-state index < -0.39 is 0 Å². The predicted octanol–water partition coefficient (Wildman–Crippen LogP) is 0.394. The van der Waals surface area contributed by atoms with Crippen LogP contribution in [-0.2, 0) is 4.79 Å². The summed E-state index contributed by atoms with van der Waals surface area (Å²) in [5.41, 5.74) is 4.95. The molecule has 1 aliphatic rings. The topological polar surface area (TPSA) is 55.1 Å². The summed E-state index contributed by atoms with van der Waals surface area (Å²) >= 11 is 0. The number of primary amides is 1. The van der Waals surface area contributed by atoms with Gasteiger partial charge in [-0.05, 0) is 25.8 Å². The van der Waals surface area contributed by atoms with Crippen LogP contribution in [0.3, 0.4) is 0 Å². The standard InChI is InChI=1S/C8H16N2O/c1-2-4-8(7(9)11)5-3-6-10-8/h10H,2-6H2,1H3,(H2,9,11). The van der Waals surface area contributed by atoms with Gasteiger partial charge in [0, 0.05) is 0 Å². The maximum absolute atomic E-state index is 11.1. The SMILES string of the molecule is CCCC1(C(N)=O)CCCN1. The second-order valence-electron chi connectivity index (χ2n) is 3.23. The van der Waals surface area contributed by atoms with Gasteiger partial charge in [0.1, 0.15) is 0 Å². The summed E-state index contributed by atoms with van der Waals surface area (Å²) in [4.78, 5) is 11.1. The van der Waals surface area contributed by atoms with E-state index in [1.807, 2.05) is 0 Å². The Morgan fingerprint density at radius 2 is 2.45 bits per heavy atom. The first-order valence-electron chi connectivity index (χ1n) is 4.26. The van der Waals surface area contributed by atoms with Crippen LogP contribution >= 0.6 is 0 Å². The van der Waals surface area contributed by atoms with Crippen LogP contribution in [0, 0.1) is 0 Å². The molecule has 0 aromatic carbocycles. The van der Waals surface area contributed by atoms with Crippen molar-refractivity contribution in [2.24, 2.45) is 5.73 Å². The fourth-order valence-electron chi connectivity index (χ4n) is 1.78. The van der Waals surface area contributed by atoms with E-state index in [-0.39, 0.29) is 11.4 Å². The summed E-state index contributed by atoms with van der Waals surface area (Å²) in [6.45, 7) is 3.01. The number of nitrogens with two attached hydrogens (primary N) is 1. The normalized spacial score (nSPS) is 30.6. The molecule has 1 heterocycles. The molecule has 0 radical (unpaired) electrons. The largest absolute Gasteiger partial charge is 0.368 e. The maximum Gasteiger partial charge on any atom is 0.237 e. The van der Waals surface area contributed by atoms with E-state index in [0.717, 1.165) is 32.2 Å². The zero-order chi connectivity index (χ0) is 8.32. The lowest BCUT2D eigenvalue weighted by Crippen LogP contribution is -2.51. The molecule has 1 atom stereocenters. The molecule has 1 fully saturated rings. The highest BCUT2D eigenvalue weighted by atomic mass is 16.1. The van der Waals surface area contributed by atoms with E-state index in [0.29, 0.717) is 0 Å². The van der Waals surface area contributed by atoms with E-state index >= 15 is 0 Å². The summed E-state index contributed by atoms with van der Waals surface area (Å²) < 4.78 is 0. The smallest absolute Gasteiger partial charge is 0.237 e. The van der Waals surface area contributed by atoms with Crippen molar-refractivity contribution in [3.05, 3.63) is 0 Å². The van der Waals surface area contributed by atoms with Crippen molar-refractivity contribution in [1.29, 1.82) is 0 Å². The molecule has 3 N–H and O–H groups in total. The van der Waals surface area contributed by atoms with Crippen LogP contribution < -0.4 is 11.1 Å². The van der Waals surface area contributed by atoms with Gasteiger partial charge in [0.15, 0.2) is 0 Å². The Bertz CT molecular complexity index is 150. The second-order valence-corrected chi connectivity index (χ2v) is 3.23. The van der Waals surface area contributed by atoms with Gasteiger partial charge in [0.25, 0.3) is 0 Å². The number of carbonyl (C=O) groups excluding carboxylic acids is 1. The third kappa shape index (κ3) is 1.53. The molecule has 1 saturated heterocycles. The summed E-state index contributed by atoms with van der Waals surface area (Å²) in [6, 6.07) is 0. The molecule has 0 saturated carbocycles. The molecule has 0 aliphatic carbocycles. The molecule has 1 unspecified atom stereocenters. The average Bonchev–Trinajstić information content (AvgIpc) is 2.38. The van der Waals surface area contributed by atoms with Gasteiger partial charge < -0.3 is 11.1 Å². The number of hydrogen-bond donors (Lipinski definition) is 2. The Morgan fingerprint density at radius 3 is 2.82 bits per heavy atom. The van der Waals surface area contributed by atoms with E-state index in [4.69, 9.17) is 5.73 Å². The molecule has 1 amide bonds. The average molecular weight is 156 g/mol. The van der Waals surface area contributed by atoms with Crippen molar-refractivity contribution in [1.82, 2.24) is 5.32 Å². The van der Waals surface area contributed by atoms with Gasteiger partial charge in [-0.25, -0.2) is 0 Å². The van der Waals surface area contributed by atoms with Crippen LogP contribution in [-0.4, -0.2) is 18.0 Å². The minimum absolute atomic E-state index is 0.183. The molecule has 3 heteroatoms. The van der Waals surface area contributed by atoms with Crippen molar-refractivity contribution in [2.45, 2.75) is 38.1 Å². The van der Waals surface area contributed by atoms with Gasteiger partial charge in [-0.3, -0.25) is 4.79 Å². The van der Waals surface area contributed by atoms with Crippen LogP contribution in [0.1, 0.15) is 32.6 Å². The highest BCUT2D eigenvalue weighted by molar-refractivity contribution is 5.84. The van der Waals surface area contributed by atoms with Crippen LogP contribution in [0.5, 0.6) is 0 Å². The van der Waals surface area contributed by atoms with Gasteiger partial charge >= 0.3 is 0 Å². The Balaban J connectivity index is 2.62. The maximum atomic E-state index is 11.1. The molecule has 1 aliphatic heterocycles. The van der Waals surface area contributed by atoms with Crippen LogP contribution in [0.25, 0.3) is 0 Å². The predicted molar refractivity (Wildman–Crippen MR) is 44.1 cm³/mol. The summed E-state index contributed by atoms with van der Waals surface area (Å²) in [6.07, 6.45) is 3.87. The third-order valence-electron chi connectivity index (χ3n) is 2.39. The first kappa shape index (κ1) is 8.53. The first-order chi connectivity index (χ1) is 5.21. The Morgan fingerprint density at radius 1 is 1.73 bits per heavy atom. The molecule has 3 nitrogen and oxygen atoms in total. The number of carbonyl (C=O) groups is 1. The van der Waals surface area contributed by atoms with Crippen molar-refractivity contribution in [2.75, 3.05) is 6.54 Å². The molecule has 1 rings (SSSR count). The van der Waals surface area contributed by atoms with Gasteiger partial charge in [0.2, 0.25) is 5.91 Å². The molecular formula is C8H16N2O. The highest BCUT2D eigenvalue weighted by Crippen LogP contribution is 2.23. The Labute approximate surface area is 67.3 Å². The number of amides is 1. The van der Waals surface area contributed by atoms with E-state index in [1.54, 1.807) is 0 Å². The molecule has 0 spiro atoms. The third-order valence-corrected chi connectivity index (χ3v) is 2.39. The van der Waals surface area contributed by atoms with Gasteiger partial charge in [0.05, 0.1) is 5.54 Å². The van der Waals surface area contributed by atoms with Crippen LogP contribution in [0.15, 0.2) is 0 Å². The van der Waals surface area contributed by atoms with Crippen molar-refractivity contribution in [3.8, 4) is 0 Å². The second kappa shape index (κ2) is 3.22. The van der Waals surface area contributed by atoms with Gasteiger partial charge in [-0.2, -0.15) is 0 Å². The fraction of sp³-hybridized carbons (Fsp3) is 0.875. The minimum Gasteiger partial charge on any atom is -0.368 e. The Kier molecular flexibility index (Phi) is 2.49. The van der Waals surface area contributed by atoms with Crippen molar-refractivity contribution in [3.63, 3.8) is 0 Å². The van der Waals surface area contributed by atoms with Crippen LogP contribution in [0.4, 0.5) is 0 Å². The molecular weight excluding hydrogens is 140 g/mol. The van der Waals surface area contributed by atoms with E-state index in [1.165, 1.54) is 0 Å². The van der Waals surface area contributed by atoms with Crippen molar-refractivity contribution < 1.29 is 4.79 Å².